The maximum Gasteiger partial charge on any atom is 0.225 e. The van der Waals surface area contributed by atoms with Crippen molar-refractivity contribution in [1.29, 1.82) is 0 Å². The molecule has 0 aromatic carbocycles. The van der Waals surface area contributed by atoms with Crippen LogP contribution in [0.15, 0.2) is 17.5 Å². The zero-order valence-corrected chi connectivity index (χ0v) is 9.64. The molecular weight excluding hydrogens is 208 g/mol. The molecular formula is C11H16N2OS. The van der Waals surface area contributed by atoms with Gasteiger partial charge < -0.3 is 10.6 Å². The number of rotatable bonds is 3. The smallest absolute Gasteiger partial charge is 0.225 e. The fourth-order valence-electron chi connectivity index (χ4n) is 1.88. The summed E-state index contributed by atoms with van der Waals surface area (Å²) in [5.41, 5.74) is 0. The van der Waals surface area contributed by atoms with Gasteiger partial charge >= 0.3 is 0 Å². The Morgan fingerprint density at radius 2 is 2.53 bits per heavy atom. The molecule has 1 amide bonds. The molecule has 0 spiro atoms. The average Bonchev–Trinajstić information content (AvgIpc) is 2.84. The van der Waals surface area contributed by atoms with Crippen LogP contribution < -0.4 is 10.6 Å². The van der Waals surface area contributed by atoms with Gasteiger partial charge in [0, 0.05) is 11.4 Å². The van der Waals surface area contributed by atoms with Gasteiger partial charge in [0.25, 0.3) is 0 Å². The number of carbonyl (C=O) groups is 1. The van der Waals surface area contributed by atoms with E-state index in [0.29, 0.717) is 12.5 Å². The molecule has 1 aliphatic rings. The molecule has 1 aromatic rings. The van der Waals surface area contributed by atoms with Crippen LogP contribution in [0.1, 0.15) is 11.8 Å². The second-order valence-corrected chi connectivity index (χ2v) is 5.07. The second kappa shape index (κ2) is 4.77. The lowest BCUT2D eigenvalue weighted by Crippen LogP contribution is -2.33. The summed E-state index contributed by atoms with van der Waals surface area (Å²) >= 11 is 1.68. The molecule has 1 saturated heterocycles. The summed E-state index contributed by atoms with van der Waals surface area (Å²) in [6.07, 6.45) is 0. The van der Waals surface area contributed by atoms with Gasteiger partial charge in [-0.3, -0.25) is 4.79 Å². The molecule has 1 aliphatic heterocycles. The summed E-state index contributed by atoms with van der Waals surface area (Å²) in [7, 11) is 0. The second-order valence-electron chi connectivity index (χ2n) is 4.04. The summed E-state index contributed by atoms with van der Waals surface area (Å²) in [6, 6.07) is 4.05. The quantitative estimate of drug-likeness (QED) is 0.810. The van der Waals surface area contributed by atoms with Gasteiger partial charge in [-0.15, -0.1) is 11.3 Å². The molecule has 0 aliphatic carbocycles. The Bertz CT molecular complexity index is 323. The van der Waals surface area contributed by atoms with Crippen LogP contribution in [-0.4, -0.2) is 19.0 Å². The third-order valence-corrected chi connectivity index (χ3v) is 3.75. The van der Waals surface area contributed by atoms with E-state index in [1.165, 1.54) is 4.88 Å². The van der Waals surface area contributed by atoms with Crippen LogP contribution >= 0.6 is 11.3 Å². The summed E-state index contributed by atoms with van der Waals surface area (Å²) in [6.45, 7) is 4.56. The SMILES string of the molecule is CC1CNCC1C(=O)NCc1cccs1. The van der Waals surface area contributed by atoms with Crippen molar-refractivity contribution in [2.24, 2.45) is 11.8 Å². The van der Waals surface area contributed by atoms with Crippen LogP contribution in [0, 0.1) is 11.8 Å². The topological polar surface area (TPSA) is 41.1 Å². The maximum absolute atomic E-state index is 11.8. The average molecular weight is 224 g/mol. The van der Waals surface area contributed by atoms with E-state index >= 15 is 0 Å². The van der Waals surface area contributed by atoms with Crippen LogP contribution in [-0.2, 0) is 11.3 Å². The first-order valence-corrected chi connectivity index (χ1v) is 6.16. The molecule has 1 aromatic heterocycles. The van der Waals surface area contributed by atoms with Crippen LogP contribution in [0.4, 0.5) is 0 Å². The lowest BCUT2D eigenvalue weighted by molar-refractivity contribution is -0.125. The lowest BCUT2D eigenvalue weighted by Gasteiger charge is -2.13. The third kappa shape index (κ3) is 2.58. The lowest BCUT2D eigenvalue weighted by atomic mass is 9.97. The molecule has 0 saturated carbocycles. The van der Waals surface area contributed by atoms with E-state index in [-0.39, 0.29) is 11.8 Å². The summed E-state index contributed by atoms with van der Waals surface area (Å²) < 4.78 is 0. The van der Waals surface area contributed by atoms with Gasteiger partial charge in [-0.05, 0) is 23.9 Å². The van der Waals surface area contributed by atoms with Gasteiger partial charge in [0.1, 0.15) is 0 Å². The Balaban J connectivity index is 1.82. The monoisotopic (exact) mass is 224 g/mol. The Kier molecular flexibility index (Phi) is 3.38. The van der Waals surface area contributed by atoms with Crippen molar-refractivity contribution in [2.75, 3.05) is 13.1 Å². The van der Waals surface area contributed by atoms with Crippen LogP contribution in [0.2, 0.25) is 0 Å². The first-order chi connectivity index (χ1) is 7.27. The molecule has 0 radical (unpaired) electrons. The van der Waals surface area contributed by atoms with Gasteiger partial charge in [-0.25, -0.2) is 0 Å². The van der Waals surface area contributed by atoms with Crippen molar-refractivity contribution < 1.29 is 4.79 Å². The van der Waals surface area contributed by atoms with Crippen molar-refractivity contribution in [1.82, 2.24) is 10.6 Å². The van der Waals surface area contributed by atoms with Gasteiger partial charge in [0.2, 0.25) is 5.91 Å². The van der Waals surface area contributed by atoms with Crippen LogP contribution in [0.5, 0.6) is 0 Å². The van der Waals surface area contributed by atoms with E-state index in [4.69, 9.17) is 0 Å². The fourth-order valence-corrected chi connectivity index (χ4v) is 2.52. The van der Waals surface area contributed by atoms with Crippen molar-refractivity contribution in [3.8, 4) is 0 Å². The summed E-state index contributed by atoms with van der Waals surface area (Å²) in [5, 5.41) is 8.26. The normalized spacial score (nSPS) is 25.4. The van der Waals surface area contributed by atoms with E-state index in [1.807, 2.05) is 17.5 Å². The van der Waals surface area contributed by atoms with Crippen molar-refractivity contribution >= 4 is 17.2 Å². The predicted octanol–water partition coefficient (Wildman–Crippen LogP) is 1.22. The van der Waals surface area contributed by atoms with Gasteiger partial charge in [0.05, 0.1) is 12.5 Å². The van der Waals surface area contributed by atoms with Gasteiger partial charge in [0.15, 0.2) is 0 Å². The number of thiophene rings is 1. The number of carbonyl (C=O) groups excluding carboxylic acids is 1. The summed E-state index contributed by atoms with van der Waals surface area (Å²) in [4.78, 5) is 13.0. The molecule has 15 heavy (non-hydrogen) atoms. The van der Waals surface area contributed by atoms with Crippen molar-refractivity contribution in [2.45, 2.75) is 13.5 Å². The summed E-state index contributed by atoms with van der Waals surface area (Å²) in [5.74, 6) is 0.777. The van der Waals surface area contributed by atoms with E-state index in [9.17, 15) is 4.79 Å². The number of amides is 1. The number of hydrogen-bond donors (Lipinski definition) is 2. The minimum absolute atomic E-state index is 0.143. The number of nitrogens with one attached hydrogen (secondary N) is 2. The molecule has 4 heteroatoms. The highest BCUT2D eigenvalue weighted by molar-refractivity contribution is 7.09. The van der Waals surface area contributed by atoms with Crippen molar-refractivity contribution in [3.05, 3.63) is 22.4 Å². The molecule has 82 valence electrons. The Labute approximate surface area is 93.9 Å². The highest BCUT2D eigenvalue weighted by Crippen LogP contribution is 2.16. The maximum atomic E-state index is 11.8. The van der Waals surface area contributed by atoms with E-state index in [1.54, 1.807) is 11.3 Å². The predicted molar refractivity (Wildman–Crippen MR) is 61.7 cm³/mol. The van der Waals surface area contributed by atoms with Crippen LogP contribution in [0.3, 0.4) is 0 Å². The first-order valence-electron chi connectivity index (χ1n) is 5.28. The highest BCUT2D eigenvalue weighted by Gasteiger charge is 2.29. The molecule has 0 bridgehead atoms. The van der Waals surface area contributed by atoms with E-state index < -0.39 is 0 Å². The zero-order chi connectivity index (χ0) is 10.7. The van der Waals surface area contributed by atoms with E-state index in [2.05, 4.69) is 17.6 Å². The Hall–Kier alpha value is -0.870. The minimum atomic E-state index is 0.143. The molecule has 2 rings (SSSR count). The molecule has 2 heterocycles. The van der Waals surface area contributed by atoms with E-state index in [0.717, 1.165) is 13.1 Å². The standard InChI is InChI=1S/C11H16N2OS/c1-8-5-12-7-10(8)11(14)13-6-9-3-2-4-15-9/h2-4,8,10,12H,5-7H2,1H3,(H,13,14). The third-order valence-electron chi connectivity index (χ3n) is 2.87. The minimum Gasteiger partial charge on any atom is -0.351 e. The largest absolute Gasteiger partial charge is 0.351 e. The Morgan fingerprint density at radius 3 is 3.13 bits per heavy atom. The molecule has 2 N–H and O–H groups in total. The van der Waals surface area contributed by atoms with Crippen molar-refractivity contribution in [3.63, 3.8) is 0 Å². The molecule has 2 atom stereocenters. The Morgan fingerprint density at radius 1 is 1.67 bits per heavy atom. The molecule has 2 unspecified atom stereocenters. The molecule has 1 fully saturated rings. The molecule has 3 nitrogen and oxygen atoms in total. The number of hydrogen-bond acceptors (Lipinski definition) is 3. The zero-order valence-electron chi connectivity index (χ0n) is 8.82. The highest BCUT2D eigenvalue weighted by atomic mass is 32.1. The first kappa shape index (κ1) is 10.6. The van der Waals surface area contributed by atoms with Gasteiger partial charge in [-0.1, -0.05) is 13.0 Å². The van der Waals surface area contributed by atoms with Crippen LogP contribution in [0.25, 0.3) is 0 Å². The fraction of sp³-hybridized carbons (Fsp3) is 0.545. The van der Waals surface area contributed by atoms with Gasteiger partial charge in [-0.2, -0.15) is 0 Å².